The molecule has 3 heterocycles. The zero-order chi connectivity index (χ0) is 14.3. The highest BCUT2D eigenvalue weighted by atomic mass is 32.2. The molecular weight excluding hydrogens is 276 g/mol. The first-order valence-corrected chi connectivity index (χ1v) is 7.33. The van der Waals surface area contributed by atoms with E-state index in [4.69, 9.17) is 0 Å². The summed E-state index contributed by atoms with van der Waals surface area (Å²) in [5, 5.41) is 10.1. The Morgan fingerprint density at radius 2 is 2.35 bits per heavy atom. The highest BCUT2D eigenvalue weighted by molar-refractivity contribution is 8.03. The van der Waals surface area contributed by atoms with Gasteiger partial charge in [-0.1, -0.05) is 24.8 Å². The van der Waals surface area contributed by atoms with E-state index in [1.54, 1.807) is 6.20 Å². The summed E-state index contributed by atoms with van der Waals surface area (Å²) in [4.78, 5) is 29.8. The van der Waals surface area contributed by atoms with Crippen LogP contribution in [0.1, 0.15) is 19.8 Å². The number of rotatable bonds is 4. The topological polar surface area (TPSA) is 70.5 Å². The molecule has 20 heavy (non-hydrogen) atoms. The summed E-state index contributed by atoms with van der Waals surface area (Å²) in [5.74, 6) is -1.13. The number of fused-ring (bicyclic) bond motifs is 1. The summed E-state index contributed by atoms with van der Waals surface area (Å²) in [7, 11) is 0. The maximum Gasteiger partial charge on any atom is 0.353 e. The van der Waals surface area contributed by atoms with Crippen molar-refractivity contribution >= 4 is 23.6 Å². The molecule has 3 rings (SSSR count). The van der Waals surface area contributed by atoms with Crippen LogP contribution in [-0.2, 0) is 9.59 Å². The lowest BCUT2D eigenvalue weighted by Gasteiger charge is -2.42. The Balaban J connectivity index is 1.90. The van der Waals surface area contributed by atoms with Crippen LogP contribution in [0.3, 0.4) is 0 Å². The Labute approximate surface area is 120 Å². The Bertz CT molecular complexity index is 600. The van der Waals surface area contributed by atoms with E-state index < -0.39 is 5.97 Å². The van der Waals surface area contributed by atoms with Gasteiger partial charge in [0, 0.05) is 17.5 Å². The molecule has 2 atom stereocenters. The third-order valence-corrected chi connectivity index (χ3v) is 4.82. The van der Waals surface area contributed by atoms with Gasteiger partial charge in [-0.25, -0.2) is 9.78 Å². The van der Waals surface area contributed by atoms with Crippen molar-refractivity contribution in [1.82, 2.24) is 9.88 Å². The number of carboxylic acids is 1. The smallest absolute Gasteiger partial charge is 0.353 e. The Morgan fingerprint density at radius 3 is 2.95 bits per heavy atom. The van der Waals surface area contributed by atoms with Crippen molar-refractivity contribution in [3.8, 4) is 0 Å². The van der Waals surface area contributed by atoms with Crippen LogP contribution in [0.15, 0.2) is 40.0 Å². The van der Waals surface area contributed by atoms with E-state index in [1.807, 2.05) is 25.1 Å². The molecule has 0 saturated carbocycles. The van der Waals surface area contributed by atoms with Crippen LogP contribution in [0, 0.1) is 5.92 Å². The van der Waals surface area contributed by atoms with Crippen molar-refractivity contribution in [3.05, 3.63) is 35.0 Å². The van der Waals surface area contributed by atoms with Crippen LogP contribution in [0.2, 0.25) is 0 Å². The lowest BCUT2D eigenvalue weighted by atomic mass is 9.85. The monoisotopic (exact) mass is 290 g/mol. The lowest BCUT2D eigenvalue weighted by Crippen LogP contribution is -2.58. The maximum atomic E-state index is 12.0. The van der Waals surface area contributed by atoms with E-state index in [0.29, 0.717) is 6.42 Å². The van der Waals surface area contributed by atoms with Crippen LogP contribution in [-0.4, -0.2) is 32.9 Å². The molecular formula is C14H14N2O3S. The Morgan fingerprint density at radius 1 is 1.55 bits per heavy atom. The number of carboxylic acid groups (broad SMARTS) is 1. The number of hydrogen-bond donors (Lipinski definition) is 1. The van der Waals surface area contributed by atoms with E-state index in [9.17, 15) is 14.7 Å². The van der Waals surface area contributed by atoms with Crippen LogP contribution in [0.5, 0.6) is 0 Å². The molecule has 1 aromatic heterocycles. The van der Waals surface area contributed by atoms with E-state index in [-0.39, 0.29) is 23.6 Å². The Hall–Kier alpha value is -1.82. The SMILES string of the molecule is CC[C@H]1C(=O)N2C(C(=O)O)=C(Sc3ccccn3)C[C@H]12. The van der Waals surface area contributed by atoms with Crippen molar-refractivity contribution in [2.45, 2.75) is 30.8 Å². The standard InChI is InChI=1S/C14H14N2O3S/c1-2-8-9-7-10(20-11-5-3-4-6-15-11)12(14(18)19)16(9)13(8)17/h3-6,8-9H,2,7H2,1H3,(H,18,19)/t8-,9-/m1/s1. The number of carbonyl (C=O) groups excluding carboxylic acids is 1. The number of hydrogen-bond acceptors (Lipinski definition) is 4. The average molecular weight is 290 g/mol. The van der Waals surface area contributed by atoms with E-state index in [2.05, 4.69) is 4.98 Å². The zero-order valence-corrected chi connectivity index (χ0v) is 11.8. The van der Waals surface area contributed by atoms with Gasteiger partial charge in [-0.2, -0.15) is 0 Å². The summed E-state index contributed by atoms with van der Waals surface area (Å²) >= 11 is 1.34. The second-order valence-electron chi connectivity index (χ2n) is 4.84. The molecule has 1 aromatic rings. The number of aromatic nitrogens is 1. The van der Waals surface area contributed by atoms with Crippen LogP contribution in [0.25, 0.3) is 0 Å². The number of aliphatic carboxylic acids is 1. The summed E-state index contributed by atoms with van der Waals surface area (Å²) in [5.41, 5.74) is 0.139. The molecule has 6 heteroatoms. The van der Waals surface area contributed by atoms with Crippen LogP contribution >= 0.6 is 11.8 Å². The predicted octanol–water partition coefficient (Wildman–Crippen LogP) is 2.11. The van der Waals surface area contributed by atoms with Gasteiger partial charge in [-0.15, -0.1) is 0 Å². The largest absolute Gasteiger partial charge is 0.477 e. The molecule has 5 nitrogen and oxygen atoms in total. The number of nitrogens with zero attached hydrogens (tertiary/aromatic N) is 2. The Kier molecular flexibility index (Phi) is 3.25. The fourth-order valence-corrected chi connectivity index (χ4v) is 3.88. The normalized spacial score (nSPS) is 24.6. The average Bonchev–Trinajstić information content (AvgIpc) is 2.76. The van der Waals surface area contributed by atoms with Gasteiger partial charge in [-0.3, -0.25) is 4.79 Å². The van der Waals surface area contributed by atoms with Gasteiger partial charge >= 0.3 is 5.97 Å². The molecule has 1 N–H and O–H groups in total. The quantitative estimate of drug-likeness (QED) is 0.860. The molecule has 1 fully saturated rings. The number of amides is 1. The summed E-state index contributed by atoms with van der Waals surface area (Å²) in [6, 6.07) is 5.53. The minimum atomic E-state index is -1.03. The number of thioether (sulfide) groups is 1. The third-order valence-electron chi connectivity index (χ3n) is 3.76. The molecule has 1 saturated heterocycles. The molecule has 0 unspecified atom stereocenters. The van der Waals surface area contributed by atoms with Gasteiger partial charge in [0.25, 0.3) is 0 Å². The van der Waals surface area contributed by atoms with Crippen molar-refractivity contribution in [2.24, 2.45) is 5.92 Å². The number of β-lactam (4-membered cyclic amide) rings is 1. The van der Waals surface area contributed by atoms with Gasteiger partial charge in [0.05, 0.1) is 12.0 Å². The summed E-state index contributed by atoms with van der Waals surface area (Å²) < 4.78 is 0. The highest BCUT2D eigenvalue weighted by Crippen LogP contribution is 2.48. The van der Waals surface area contributed by atoms with Crippen LogP contribution in [0.4, 0.5) is 0 Å². The summed E-state index contributed by atoms with van der Waals surface area (Å²) in [6.45, 7) is 1.96. The van der Waals surface area contributed by atoms with E-state index in [1.165, 1.54) is 16.7 Å². The first-order chi connectivity index (χ1) is 9.63. The van der Waals surface area contributed by atoms with Gasteiger partial charge in [0.15, 0.2) is 0 Å². The fraction of sp³-hybridized carbons (Fsp3) is 0.357. The second kappa shape index (κ2) is 4.94. The van der Waals surface area contributed by atoms with Gasteiger partial charge in [0.2, 0.25) is 5.91 Å². The van der Waals surface area contributed by atoms with Gasteiger partial charge in [-0.05, 0) is 18.6 Å². The van der Waals surface area contributed by atoms with Crippen molar-refractivity contribution in [1.29, 1.82) is 0 Å². The molecule has 0 aromatic carbocycles. The van der Waals surface area contributed by atoms with Crippen LogP contribution < -0.4 is 0 Å². The van der Waals surface area contributed by atoms with Gasteiger partial charge in [0.1, 0.15) is 10.7 Å². The molecule has 2 aliphatic rings. The molecule has 0 aliphatic carbocycles. The highest BCUT2D eigenvalue weighted by Gasteiger charge is 2.54. The molecule has 0 radical (unpaired) electrons. The first-order valence-electron chi connectivity index (χ1n) is 6.52. The van der Waals surface area contributed by atoms with Crippen molar-refractivity contribution in [3.63, 3.8) is 0 Å². The molecule has 104 valence electrons. The summed E-state index contributed by atoms with van der Waals surface area (Å²) in [6.07, 6.45) is 3.05. The molecule has 1 amide bonds. The molecule has 2 aliphatic heterocycles. The molecule has 0 bridgehead atoms. The van der Waals surface area contributed by atoms with Crippen molar-refractivity contribution in [2.75, 3.05) is 0 Å². The molecule has 0 spiro atoms. The predicted molar refractivity (Wildman–Crippen MR) is 73.8 cm³/mol. The first kappa shape index (κ1) is 13.2. The zero-order valence-electron chi connectivity index (χ0n) is 10.9. The second-order valence-corrected chi connectivity index (χ2v) is 5.96. The van der Waals surface area contributed by atoms with E-state index in [0.717, 1.165) is 16.4 Å². The lowest BCUT2D eigenvalue weighted by molar-refractivity contribution is -0.155. The van der Waals surface area contributed by atoms with Crippen molar-refractivity contribution < 1.29 is 14.7 Å². The third kappa shape index (κ3) is 1.91. The fourth-order valence-electron chi connectivity index (χ4n) is 2.83. The maximum absolute atomic E-state index is 12.0. The van der Waals surface area contributed by atoms with Gasteiger partial charge < -0.3 is 10.0 Å². The number of pyridine rings is 1. The van der Waals surface area contributed by atoms with E-state index >= 15 is 0 Å². The minimum Gasteiger partial charge on any atom is -0.477 e. The minimum absolute atomic E-state index is 0.0183. The number of carbonyl (C=O) groups is 2.